The van der Waals surface area contributed by atoms with Gasteiger partial charge in [0.1, 0.15) is 0 Å². The number of likely N-dealkylation sites (tertiary alicyclic amines) is 1. The van der Waals surface area contributed by atoms with E-state index in [1.54, 1.807) is 6.92 Å². The molecular weight excluding hydrogens is 298 g/mol. The van der Waals surface area contributed by atoms with Crippen LogP contribution in [0.4, 0.5) is 4.79 Å². The summed E-state index contributed by atoms with van der Waals surface area (Å²) in [7, 11) is -3.21. The fraction of sp³-hybridized carbons (Fsp3) is 0.833. The Hall–Kier alpha value is -1.35. The van der Waals surface area contributed by atoms with Crippen molar-refractivity contribution < 1.29 is 23.1 Å². The Balaban J connectivity index is 2.34. The molecule has 1 aliphatic rings. The van der Waals surface area contributed by atoms with Crippen molar-refractivity contribution in [1.29, 1.82) is 0 Å². The van der Waals surface area contributed by atoms with E-state index < -0.39 is 21.4 Å². The second-order valence-corrected chi connectivity index (χ2v) is 7.48. The number of amides is 2. The molecule has 0 aromatic rings. The van der Waals surface area contributed by atoms with Crippen molar-refractivity contribution in [2.75, 3.05) is 32.4 Å². The quantitative estimate of drug-likeness (QED) is 0.587. The highest BCUT2D eigenvalue weighted by molar-refractivity contribution is 7.88. The zero-order valence-electron chi connectivity index (χ0n) is 12.4. The van der Waals surface area contributed by atoms with Crippen LogP contribution in [0.2, 0.25) is 0 Å². The van der Waals surface area contributed by atoms with Crippen LogP contribution in [0.25, 0.3) is 0 Å². The van der Waals surface area contributed by atoms with E-state index >= 15 is 0 Å². The number of aliphatic carboxylic acids is 1. The van der Waals surface area contributed by atoms with Crippen molar-refractivity contribution in [1.82, 2.24) is 14.9 Å². The molecule has 0 radical (unpaired) electrons. The van der Waals surface area contributed by atoms with Gasteiger partial charge >= 0.3 is 12.0 Å². The first-order valence-electron chi connectivity index (χ1n) is 6.85. The molecule has 0 aromatic carbocycles. The van der Waals surface area contributed by atoms with Crippen LogP contribution in [-0.2, 0) is 14.8 Å². The van der Waals surface area contributed by atoms with Gasteiger partial charge in [0.25, 0.3) is 0 Å². The van der Waals surface area contributed by atoms with E-state index in [9.17, 15) is 23.1 Å². The fourth-order valence-corrected chi connectivity index (χ4v) is 2.76. The Morgan fingerprint density at radius 2 is 2.00 bits per heavy atom. The summed E-state index contributed by atoms with van der Waals surface area (Å²) in [4.78, 5) is 24.7. The predicted octanol–water partition coefficient (Wildman–Crippen LogP) is -0.178. The number of carboxylic acids is 1. The number of hydrogen-bond donors (Lipinski definition) is 3. The van der Waals surface area contributed by atoms with Crippen LogP contribution in [0, 0.1) is 5.41 Å². The van der Waals surface area contributed by atoms with E-state index in [0.717, 1.165) is 6.26 Å². The molecule has 0 aromatic heterocycles. The van der Waals surface area contributed by atoms with E-state index in [-0.39, 0.29) is 19.1 Å². The number of carbonyl (C=O) groups is 2. The molecule has 0 bridgehead atoms. The summed E-state index contributed by atoms with van der Waals surface area (Å²) < 4.78 is 24.0. The summed E-state index contributed by atoms with van der Waals surface area (Å²) in [5.41, 5.74) is -0.895. The third-order valence-corrected chi connectivity index (χ3v) is 4.22. The van der Waals surface area contributed by atoms with Gasteiger partial charge in [-0.25, -0.2) is 17.9 Å². The van der Waals surface area contributed by atoms with Gasteiger partial charge in [-0.15, -0.1) is 0 Å². The topological polar surface area (TPSA) is 116 Å². The van der Waals surface area contributed by atoms with Gasteiger partial charge in [-0.3, -0.25) is 4.79 Å². The van der Waals surface area contributed by atoms with Gasteiger partial charge in [-0.05, 0) is 26.2 Å². The molecule has 122 valence electrons. The molecule has 8 nitrogen and oxygen atoms in total. The SMILES string of the molecule is CC1(C(=O)O)CCCN(C(=O)NCCCNS(C)(=O)=O)C1. The second kappa shape index (κ2) is 7.08. The Morgan fingerprint density at radius 3 is 2.57 bits per heavy atom. The summed E-state index contributed by atoms with van der Waals surface area (Å²) in [6, 6.07) is -0.304. The zero-order valence-corrected chi connectivity index (χ0v) is 13.2. The molecule has 1 fully saturated rings. The van der Waals surface area contributed by atoms with Crippen molar-refractivity contribution in [3.63, 3.8) is 0 Å². The highest BCUT2D eigenvalue weighted by Gasteiger charge is 2.39. The Morgan fingerprint density at radius 1 is 1.33 bits per heavy atom. The van der Waals surface area contributed by atoms with Crippen LogP contribution in [0.15, 0.2) is 0 Å². The number of urea groups is 1. The zero-order chi connectivity index (χ0) is 16.1. The number of nitrogens with zero attached hydrogens (tertiary/aromatic N) is 1. The average molecular weight is 321 g/mol. The standard InChI is InChI=1S/C12H23N3O5S/c1-12(10(16)17)5-3-8-15(9-12)11(18)13-6-4-7-14-21(2,19)20/h14H,3-9H2,1-2H3,(H,13,18)(H,16,17). The number of sulfonamides is 1. The number of rotatable bonds is 6. The Labute approximate surface area is 124 Å². The molecule has 1 rings (SSSR count). The molecule has 1 unspecified atom stereocenters. The lowest BCUT2D eigenvalue weighted by Crippen LogP contribution is -2.51. The van der Waals surface area contributed by atoms with Crippen molar-refractivity contribution >= 4 is 22.0 Å². The van der Waals surface area contributed by atoms with Crippen LogP contribution in [0.3, 0.4) is 0 Å². The van der Waals surface area contributed by atoms with E-state index in [1.807, 2.05) is 0 Å². The highest BCUT2D eigenvalue weighted by Crippen LogP contribution is 2.29. The minimum atomic E-state index is -3.21. The van der Waals surface area contributed by atoms with Gasteiger partial charge in [0.15, 0.2) is 0 Å². The summed E-state index contributed by atoms with van der Waals surface area (Å²) in [5, 5.41) is 11.9. The molecule has 9 heteroatoms. The molecule has 2 amide bonds. The fourth-order valence-electron chi connectivity index (χ4n) is 2.24. The average Bonchev–Trinajstić information content (AvgIpc) is 2.36. The van der Waals surface area contributed by atoms with Gasteiger partial charge in [0, 0.05) is 26.2 Å². The summed E-state index contributed by atoms with van der Waals surface area (Å²) in [6.07, 6.45) is 2.77. The molecule has 1 aliphatic heterocycles. The highest BCUT2D eigenvalue weighted by atomic mass is 32.2. The number of nitrogens with one attached hydrogen (secondary N) is 2. The van der Waals surface area contributed by atoms with Gasteiger partial charge < -0.3 is 15.3 Å². The van der Waals surface area contributed by atoms with E-state index in [4.69, 9.17) is 0 Å². The third kappa shape index (κ3) is 5.88. The predicted molar refractivity (Wildman–Crippen MR) is 77.4 cm³/mol. The molecular formula is C12H23N3O5S. The maximum atomic E-state index is 12.0. The van der Waals surface area contributed by atoms with Crippen LogP contribution in [0.5, 0.6) is 0 Å². The van der Waals surface area contributed by atoms with Crippen LogP contribution >= 0.6 is 0 Å². The smallest absolute Gasteiger partial charge is 0.317 e. The lowest BCUT2D eigenvalue weighted by Gasteiger charge is -2.37. The lowest BCUT2D eigenvalue weighted by atomic mass is 9.82. The molecule has 1 saturated heterocycles. The Bertz CT molecular complexity index is 493. The largest absolute Gasteiger partial charge is 0.481 e. The van der Waals surface area contributed by atoms with Gasteiger partial charge in [0.05, 0.1) is 11.7 Å². The van der Waals surface area contributed by atoms with Crippen molar-refractivity contribution in [2.24, 2.45) is 5.41 Å². The summed E-state index contributed by atoms with van der Waals surface area (Å²) in [5.74, 6) is -0.891. The molecule has 21 heavy (non-hydrogen) atoms. The number of carboxylic acid groups (broad SMARTS) is 1. The molecule has 0 spiro atoms. The van der Waals surface area contributed by atoms with Crippen molar-refractivity contribution in [2.45, 2.75) is 26.2 Å². The lowest BCUT2D eigenvalue weighted by molar-refractivity contribution is -0.150. The minimum absolute atomic E-state index is 0.190. The van der Waals surface area contributed by atoms with Crippen LogP contribution in [0.1, 0.15) is 26.2 Å². The molecule has 1 heterocycles. The first-order chi connectivity index (χ1) is 9.64. The van der Waals surface area contributed by atoms with Gasteiger partial charge in [-0.1, -0.05) is 0 Å². The van der Waals surface area contributed by atoms with Crippen LogP contribution in [-0.4, -0.2) is 62.9 Å². The van der Waals surface area contributed by atoms with Crippen molar-refractivity contribution in [3.05, 3.63) is 0 Å². The Kier molecular flexibility index (Phi) is 5.97. The first kappa shape index (κ1) is 17.7. The van der Waals surface area contributed by atoms with Gasteiger partial charge in [-0.2, -0.15) is 0 Å². The molecule has 0 saturated carbocycles. The van der Waals surface area contributed by atoms with Gasteiger partial charge in [0.2, 0.25) is 10.0 Å². The van der Waals surface area contributed by atoms with E-state index in [2.05, 4.69) is 10.0 Å². The third-order valence-electron chi connectivity index (χ3n) is 3.49. The minimum Gasteiger partial charge on any atom is -0.481 e. The van der Waals surface area contributed by atoms with E-state index in [1.165, 1.54) is 4.90 Å². The summed E-state index contributed by atoms with van der Waals surface area (Å²) >= 11 is 0. The maximum absolute atomic E-state index is 12.0. The number of piperidine rings is 1. The first-order valence-corrected chi connectivity index (χ1v) is 8.74. The molecule has 0 aliphatic carbocycles. The number of carbonyl (C=O) groups excluding carboxylic acids is 1. The number of hydrogen-bond acceptors (Lipinski definition) is 4. The summed E-state index contributed by atoms with van der Waals surface area (Å²) in [6.45, 7) is 2.96. The molecule has 3 N–H and O–H groups in total. The van der Waals surface area contributed by atoms with E-state index in [0.29, 0.717) is 32.4 Å². The van der Waals surface area contributed by atoms with Crippen molar-refractivity contribution in [3.8, 4) is 0 Å². The normalized spacial score (nSPS) is 22.9. The van der Waals surface area contributed by atoms with Crippen LogP contribution < -0.4 is 10.0 Å². The maximum Gasteiger partial charge on any atom is 0.317 e. The monoisotopic (exact) mass is 321 g/mol. The second-order valence-electron chi connectivity index (χ2n) is 5.64. The molecule has 1 atom stereocenters.